The van der Waals surface area contributed by atoms with Crippen LogP contribution in [0.15, 0.2) is 48.6 Å². The second-order valence-corrected chi connectivity index (χ2v) is 8.94. The number of carbonyl (C=O) groups is 2. The van der Waals surface area contributed by atoms with Crippen molar-refractivity contribution < 1.29 is 19.1 Å². The maximum Gasteiger partial charge on any atom is 0.256 e. The van der Waals surface area contributed by atoms with E-state index in [0.29, 0.717) is 30.9 Å². The van der Waals surface area contributed by atoms with E-state index < -0.39 is 0 Å². The van der Waals surface area contributed by atoms with Gasteiger partial charge in [-0.1, -0.05) is 18.2 Å². The molecule has 3 aliphatic heterocycles. The molecule has 0 atom stereocenters. The molecular weight excluding hydrogens is 430 g/mol. The van der Waals surface area contributed by atoms with Gasteiger partial charge < -0.3 is 19.3 Å². The first-order valence-electron chi connectivity index (χ1n) is 11.9. The lowest BCUT2D eigenvalue weighted by Crippen LogP contribution is -2.38. The molecule has 0 N–H and O–H groups in total. The summed E-state index contributed by atoms with van der Waals surface area (Å²) in [5, 5.41) is 0. The highest BCUT2D eigenvalue weighted by Crippen LogP contribution is 2.33. The van der Waals surface area contributed by atoms with Crippen molar-refractivity contribution >= 4 is 17.9 Å². The van der Waals surface area contributed by atoms with E-state index in [1.54, 1.807) is 6.08 Å². The lowest BCUT2D eigenvalue weighted by molar-refractivity contribution is -0.127. The number of ether oxygens (including phenoxy) is 2. The third kappa shape index (κ3) is 4.69. The number of likely N-dealkylation sites (tertiary alicyclic amines) is 1. The molecule has 1 saturated heterocycles. The first-order chi connectivity index (χ1) is 16.6. The zero-order valence-electron chi connectivity index (χ0n) is 19.4. The van der Waals surface area contributed by atoms with E-state index in [1.807, 2.05) is 59.2 Å². The number of hydrogen-bond donors (Lipinski definition) is 0. The molecule has 7 nitrogen and oxygen atoms in total. The molecule has 2 amide bonds. The molecule has 0 saturated carbocycles. The van der Waals surface area contributed by atoms with Crippen molar-refractivity contribution in [2.45, 2.75) is 32.1 Å². The summed E-state index contributed by atoms with van der Waals surface area (Å²) in [7, 11) is 0. The van der Waals surface area contributed by atoms with Crippen molar-refractivity contribution in [2.75, 3.05) is 33.0 Å². The van der Waals surface area contributed by atoms with Gasteiger partial charge in [0.25, 0.3) is 5.91 Å². The second-order valence-electron chi connectivity index (χ2n) is 8.94. The SMILES string of the molecule is Cc1ccc(C(=O)N2CC=CCC2)c(C2CCN(C(=O)C=Cc3ccc4c(c3)OCO4)CC2)n1. The van der Waals surface area contributed by atoms with Gasteiger partial charge in [0, 0.05) is 43.9 Å². The second kappa shape index (κ2) is 9.71. The Hall–Kier alpha value is -3.61. The Morgan fingerprint density at radius 1 is 1.00 bits per heavy atom. The van der Waals surface area contributed by atoms with E-state index in [9.17, 15) is 9.59 Å². The van der Waals surface area contributed by atoms with Gasteiger partial charge in [-0.2, -0.15) is 0 Å². The van der Waals surface area contributed by atoms with Crippen LogP contribution in [-0.2, 0) is 4.79 Å². The van der Waals surface area contributed by atoms with Crippen LogP contribution >= 0.6 is 0 Å². The zero-order valence-corrected chi connectivity index (χ0v) is 19.4. The van der Waals surface area contributed by atoms with Crippen molar-refractivity contribution in [3.05, 3.63) is 71.1 Å². The molecular formula is C27H29N3O4. The van der Waals surface area contributed by atoms with Gasteiger partial charge >= 0.3 is 0 Å². The fourth-order valence-corrected chi connectivity index (χ4v) is 4.73. The monoisotopic (exact) mass is 459 g/mol. The number of fused-ring (bicyclic) bond motifs is 1. The summed E-state index contributed by atoms with van der Waals surface area (Å²) in [5.41, 5.74) is 3.39. The fourth-order valence-electron chi connectivity index (χ4n) is 4.73. The van der Waals surface area contributed by atoms with E-state index in [2.05, 4.69) is 6.08 Å². The molecule has 4 heterocycles. The molecule has 1 aromatic heterocycles. The van der Waals surface area contributed by atoms with Crippen molar-refractivity contribution in [3.63, 3.8) is 0 Å². The topological polar surface area (TPSA) is 72.0 Å². The standard InChI is InChI=1S/C27H29N3O4/c1-19-5-8-22(27(32)30-13-3-2-4-14-30)26(28-19)21-11-15-29(16-12-21)25(31)10-7-20-6-9-23-24(17-20)34-18-33-23/h2-3,5-10,17,21H,4,11-16,18H2,1H3. The van der Waals surface area contributed by atoms with Crippen LogP contribution in [0, 0.1) is 6.92 Å². The Bertz CT molecular complexity index is 1150. The predicted molar refractivity (Wildman–Crippen MR) is 129 cm³/mol. The summed E-state index contributed by atoms with van der Waals surface area (Å²) in [6.45, 7) is 4.87. The van der Waals surface area contributed by atoms with Crippen LogP contribution < -0.4 is 9.47 Å². The predicted octanol–water partition coefficient (Wildman–Crippen LogP) is 3.94. The minimum atomic E-state index is -0.00952. The van der Waals surface area contributed by atoms with Gasteiger partial charge in [-0.3, -0.25) is 14.6 Å². The summed E-state index contributed by atoms with van der Waals surface area (Å²) in [6.07, 6.45) is 10.1. The number of piperidine rings is 1. The highest BCUT2D eigenvalue weighted by atomic mass is 16.7. The molecule has 7 heteroatoms. The molecule has 0 bridgehead atoms. The number of aryl methyl sites for hydroxylation is 1. The lowest BCUT2D eigenvalue weighted by atomic mass is 9.89. The van der Waals surface area contributed by atoms with Crippen LogP contribution in [-0.4, -0.2) is 59.6 Å². The minimum Gasteiger partial charge on any atom is -0.454 e. The molecule has 0 aliphatic carbocycles. The third-order valence-electron chi connectivity index (χ3n) is 6.65. The Labute approximate surface area is 199 Å². The number of aromatic nitrogens is 1. The highest BCUT2D eigenvalue weighted by molar-refractivity contribution is 5.96. The summed E-state index contributed by atoms with van der Waals surface area (Å²) < 4.78 is 10.7. The van der Waals surface area contributed by atoms with Gasteiger partial charge in [0.15, 0.2) is 11.5 Å². The quantitative estimate of drug-likeness (QED) is 0.512. The highest BCUT2D eigenvalue weighted by Gasteiger charge is 2.29. The van der Waals surface area contributed by atoms with E-state index in [4.69, 9.17) is 14.5 Å². The average molecular weight is 460 g/mol. The molecule has 5 rings (SSSR count). The molecule has 0 unspecified atom stereocenters. The van der Waals surface area contributed by atoms with Crippen LogP contribution in [0.2, 0.25) is 0 Å². The van der Waals surface area contributed by atoms with E-state index >= 15 is 0 Å². The molecule has 1 fully saturated rings. The van der Waals surface area contributed by atoms with Crippen LogP contribution in [0.25, 0.3) is 6.08 Å². The first kappa shape index (κ1) is 22.2. The van der Waals surface area contributed by atoms with E-state index in [1.165, 1.54) is 0 Å². The molecule has 176 valence electrons. The van der Waals surface area contributed by atoms with Gasteiger partial charge in [0.1, 0.15) is 0 Å². The molecule has 2 aromatic rings. The number of nitrogens with zero attached hydrogens (tertiary/aromatic N) is 3. The van der Waals surface area contributed by atoms with Crippen LogP contribution in [0.4, 0.5) is 0 Å². The maximum atomic E-state index is 13.2. The van der Waals surface area contributed by atoms with Gasteiger partial charge in [-0.05, 0) is 62.1 Å². The Balaban J connectivity index is 1.23. The Morgan fingerprint density at radius 2 is 1.82 bits per heavy atom. The molecule has 1 aromatic carbocycles. The van der Waals surface area contributed by atoms with Crippen molar-refractivity contribution in [3.8, 4) is 11.5 Å². The number of amides is 2. The molecule has 3 aliphatic rings. The number of rotatable bonds is 4. The average Bonchev–Trinajstić information content (AvgIpc) is 3.35. The Morgan fingerprint density at radius 3 is 2.62 bits per heavy atom. The van der Waals surface area contributed by atoms with Gasteiger partial charge in [-0.15, -0.1) is 0 Å². The molecule has 0 spiro atoms. The fraction of sp³-hybridized carbons (Fsp3) is 0.370. The van der Waals surface area contributed by atoms with Crippen molar-refractivity contribution in [2.24, 2.45) is 0 Å². The van der Waals surface area contributed by atoms with Crippen molar-refractivity contribution in [1.82, 2.24) is 14.8 Å². The summed E-state index contributed by atoms with van der Waals surface area (Å²) in [6, 6.07) is 9.47. The van der Waals surface area contributed by atoms with Gasteiger partial charge in [-0.25, -0.2) is 0 Å². The Kier molecular flexibility index (Phi) is 6.34. The smallest absolute Gasteiger partial charge is 0.256 e. The molecule has 0 radical (unpaired) electrons. The van der Waals surface area contributed by atoms with Crippen molar-refractivity contribution in [1.29, 1.82) is 0 Å². The van der Waals surface area contributed by atoms with E-state index in [-0.39, 0.29) is 24.5 Å². The number of benzene rings is 1. The minimum absolute atomic E-state index is 0.00952. The maximum absolute atomic E-state index is 13.2. The summed E-state index contributed by atoms with van der Waals surface area (Å²) in [5.74, 6) is 1.64. The number of carbonyl (C=O) groups excluding carboxylic acids is 2. The normalized spacial score (nSPS) is 18.0. The van der Waals surface area contributed by atoms with E-state index in [0.717, 1.165) is 48.5 Å². The summed E-state index contributed by atoms with van der Waals surface area (Å²) in [4.78, 5) is 34.5. The number of hydrogen-bond acceptors (Lipinski definition) is 5. The van der Waals surface area contributed by atoms with Gasteiger partial charge in [0.2, 0.25) is 12.7 Å². The molecule has 34 heavy (non-hydrogen) atoms. The lowest BCUT2D eigenvalue weighted by Gasteiger charge is -2.32. The largest absolute Gasteiger partial charge is 0.454 e. The van der Waals surface area contributed by atoms with Crippen LogP contribution in [0.3, 0.4) is 0 Å². The first-order valence-corrected chi connectivity index (χ1v) is 11.9. The zero-order chi connectivity index (χ0) is 23.5. The van der Waals surface area contributed by atoms with Crippen LogP contribution in [0.5, 0.6) is 11.5 Å². The van der Waals surface area contributed by atoms with Gasteiger partial charge in [0.05, 0.1) is 11.3 Å². The number of pyridine rings is 1. The third-order valence-corrected chi connectivity index (χ3v) is 6.65. The van der Waals surface area contributed by atoms with Crippen LogP contribution in [0.1, 0.15) is 52.5 Å². The summed E-state index contributed by atoms with van der Waals surface area (Å²) >= 11 is 0.